The van der Waals surface area contributed by atoms with E-state index < -0.39 is 161 Å². The number of aryl methyl sites for hydroxylation is 2. The SMILES string of the molecule is CCN(C)CC(=O)C[C@@H](CCc1ccccc1)C(=O)N[C@@H](CC(C)C)C(=O)C[C@@H](Cc1ccccc1)C(=O)N[C@@H](CC(C)C)C(=O)C(C)(O)COS(=O)(=O)c1ccc(C(=O)NCc2cn(Cn3cc(CNC(=O)c4ccc(S(=O)(=O)OCC(C)(O)C(=O)[C@H](CC(C)C)NC(=O)[C@@H](CC(=O)[C@H](CC(C)C)NC(=O)[C@H](CCc5ccccc5)CC(=O)CN5CCOCC5)Cc5ccccc5)cc4)nn3)nn2)cc1. The Kier molecular flexibility index (Phi) is 43.4. The highest BCUT2D eigenvalue weighted by Crippen LogP contribution is 2.29. The highest BCUT2D eigenvalue weighted by atomic mass is 32.2. The zero-order chi connectivity index (χ0) is 103. The van der Waals surface area contributed by atoms with Gasteiger partial charge in [-0.05, 0) is 186 Å². The molecule has 2 unspecified atom stereocenters. The highest BCUT2D eigenvalue weighted by molar-refractivity contribution is 7.87. The summed E-state index contributed by atoms with van der Waals surface area (Å²) in [5, 5.41) is 56.9. The summed E-state index contributed by atoms with van der Waals surface area (Å²) in [4.78, 5) is 173. The predicted molar refractivity (Wildman–Crippen MR) is 526 cm³/mol. The summed E-state index contributed by atoms with van der Waals surface area (Å²) in [7, 11) is -7.62. The van der Waals surface area contributed by atoms with Gasteiger partial charge in [0.15, 0.2) is 23.1 Å². The van der Waals surface area contributed by atoms with E-state index in [0.29, 0.717) is 81.0 Å². The van der Waals surface area contributed by atoms with Crippen LogP contribution < -0.4 is 31.9 Å². The number of morpholine rings is 1. The van der Waals surface area contributed by atoms with Gasteiger partial charge in [-0.2, -0.15) is 16.8 Å². The maximum Gasteiger partial charge on any atom is 0.297 e. The number of Topliss-reactive ketones (excluding diaryl/α,β-unsaturated/α-hetero) is 6. The smallest absolute Gasteiger partial charge is 0.297 e. The first kappa shape index (κ1) is 113. The zero-order valence-corrected chi connectivity index (χ0v) is 84.3. The lowest BCUT2D eigenvalue weighted by molar-refractivity contribution is -0.144. The summed E-state index contributed by atoms with van der Waals surface area (Å²) in [6, 6.07) is 41.4. The average Bonchev–Trinajstić information content (AvgIpc) is 1.64. The van der Waals surface area contributed by atoms with Gasteiger partial charge < -0.3 is 46.9 Å². The number of aromatic nitrogens is 6. The normalized spacial score (nSPS) is 15.2. The number of aliphatic hydroxyl groups is 2. The number of carbonyl (C=O) groups is 12. The highest BCUT2D eigenvalue weighted by Gasteiger charge is 2.44. The van der Waals surface area contributed by atoms with Crippen LogP contribution in [0.3, 0.4) is 0 Å². The number of nitrogens with one attached hydrogen (secondary N) is 6. The third-order valence-electron chi connectivity index (χ3n) is 24.4. The minimum atomic E-state index is -4.72. The van der Waals surface area contributed by atoms with Crippen LogP contribution in [0.1, 0.15) is 195 Å². The Morgan fingerprint density at radius 2 is 0.780 bits per heavy atom. The molecule has 1 fully saturated rings. The lowest BCUT2D eigenvalue weighted by Crippen LogP contribution is -2.54. The molecule has 0 radical (unpaired) electrons. The largest absolute Gasteiger partial charge is 0.380 e. The van der Waals surface area contributed by atoms with E-state index in [1.165, 1.54) is 46.0 Å². The van der Waals surface area contributed by atoms with Gasteiger partial charge in [-0.3, -0.25) is 75.7 Å². The lowest BCUT2D eigenvalue weighted by Gasteiger charge is -2.30. The molecule has 9 rings (SSSR count). The van der Waals surface area contributed by atoms with Crippen molar-refractivity contribution in [1.29, 1.82) is 0 Å². The third-order valence-corrected chi connectivity index (χ3v) is 27.0. The van der Waals surface area contributed by atoms with Crippen molar-refractivity contribution in [3.63, 3.8) is 0 Å². The Labute approximate surface area is 826 Å². The number of nitrogens with zero attached hydrogens (tertiary/aromatic N) is 8. The van der Waals surface area contributed by atoms with Crippen LogP contribution in [0.4, 0.5) is 0 Å². The molecule has 35 nitrogen and oxygen atoms in total. The van der Waals surface area contributed by atoms with Crippen LogP contribution in [0, 0.1) is 47.3 Å². The van der Waals surface area contributed by atoms with E-state index in [0.717, 1.165) is 49.2 Å². The van der Waals surface area contributed by atoms with E-state index in [9.17, 15) is 84.6 Å². The fourth-order valence-corrected chi connectivity index (χ4v) is 18.5. The van der Waals surface area contributed by atoms with Gasteiger partial charge in [0, 0.05) is 73.6 Å². The molecule has 1 aliphatic heterocycles. The first-order chi connectivity index (χ1) is 66.9. The van der Waals surface area contributed by atoms with Gasteiger partial charge >= 0.3 is 0 Å². The molecule has 10 atom stereocenters. The molecule has 1 saturated heterocycles. The van der Waals surface area contributed by atoms with Crippen molar-refractivity contribution in [1.82, 2.24) is 71.7 Å². The molecule has 6 amide bonds. The van der Waals surface area contributed by atoms with Crippen molar-refractivity contribution in [3.05, 3.63) is 227 Å². The van der Waals surface area contributed by atoms with Gasteiger partial charge in [0.05, 0.1) is 85.7 Å². The Morgan fingerprint density at radius 3 is 1.13 bits per heavy atom. The molecule has 0 bridgehead atoms. The minimum Gasteiger partial charge on any atom is -0.380 e. The topological polar surface area (TPSA) is 481 Å². The van der Waals surface area contributed by atoms with E-state index in [1.807, 2.05) is 112 Å². The third kappa shape index (κ3) is 37.1. The molecule has 8 aromatic rings. The summed E-state index contributed by atoms with van der Waals surface area (Å²) in [5.74, 6) is -11.1. The number of amides is 6. The van der Waals surface area contributed by atoms with Crippen LogP contribution in [0.5, 0.6) is 0 Å². The lowest BCUT2D eigenvalue weighted by atomic mass is 9.86. The number of benzene rings is 6. The molecule has 37 heteroatoms. The van der Waals surface area contributed by atoms with E-state index in [4.69, 9.17) is 13.1 Å². The molecule has 3 heterocycles. The standard InChI is InChI=1S/C104H138N14O21S2/c1-13-115(12)64-85(119)56-79(36-34-73-26-18-14-19-27-73)99(127)107-89(50-69(2)3)93(121)58-81(54-75-30-22-16-23-31-75)101(129)109-91(52-71(6)7)95(123)103(10,131)66-138-140(133,134)87-42-38-77(39-43-87)97(125)105-60-83-62-117(113-111-83)68-118-63-84(112-114-118)61-106-98(126)78-40-44-88(45-41-78)141(135,136)139-67-104(11,132)96(124)92(53-72(8)9)110-102(130)82(55-76-32-24-17-25-33-76)59-94(122)90(51-70(4)5)108-100(128)80(37-35-74-28-20-15-21-29-74)57-86(120)65-116-46-48-137-49-47-116/h14-33,38-45,62-63,69-72,79-82,89-92,131-132H,13,34-37,46-61,64-68H2,1-12H3,(H,105,125)(H,106,126)(H,107,127)(H,108,128)(H,109,129)(H,110,130)/t79-,80-,81-,82-,89+,90+,91+,92+,103?,104?/m1/s1. The molecule has 0 saturated carbocycles. The van der Waals surface area contributed by atoms with Crippen LogP contribution in [0.15, 0.2) is 192 Å². The predicted octanol–water partition coefficient (Wildman–Crippen LogP) is 8.75. The summed E-state index contributed by atoms with van der Waals surface area (Å²) in [5.41, 5.74) is -1.01. The first-order valence-corrected chi connectivity index (χ1v) is 51.0. The summed E-state index contributed by atoms with van der Waals surface area (Å²) < 4.78 is 73.8. The Morgan fingerprint density at radius 1 is 0.447 bits per heavy atom. The molecule has 8 N–H and O–H groups in total. The fourth-order valence-electron chi connectivity index (χ4n) is 16.5. The molecular formula is C104H138N14O21S2. The monoisotopic (exact) mass is 1980 g/mol. The Balaban J connectivity index is 0.737. The molecule has 141 heavy (non-hydrogen) atoms. The van der Waals surface area contributed by atoms with Crippen LogP contribution in [-0.2, 0) is 127 Å². The fraction of sp³-hybridized carbons (Fsp3) is 0.500. The van der Waals surface area contributed by atoms with Gasteiger partial charge in [0.25, 0.3) is 32.1 Å². The zero-order valence-electron chi connectivity index (χ0n) is 82.7. The molecule has 0 aliphatic carbocycles. The van der Waals surface area contributed by atoms with E-state index >= 15 is 0 Å². The van der Waals surface area contributed by atoms with Crippen LogP contribution in [0.2, 0.25) is 0 Å². The number of likely N-dealkylation sites (N-methyl/N-ethyl adjacent to an activating group) is 1. The quantitative estimate of drug-likeness (QED) is 0.0165. The summed E-state index contributed by atoms with van der Waals surface area (Å²) in [6.45, 7) is 19.4. The van der Waals surface area contributed by atoms with E-state index in [2.05, 4.69) is 52.5 Å². The van der Waals surface area contributed by atoms with Crippen molar-refractivity contribution in [2.24, 2.45) is 47.3 Å². The van der Waals surface area contributed by atoms with Crippen LogP contribution >= 0.6 is 0 Å². The Bertz CT molecular complexity index is 5650. The second kappa shape index (κ2) is 54.3. The summed E-state index contributed by atoms with van der Waals surface area (Å²) in [6.07, 6.45) is 4.42. The first-order valence-electron chi connectivity index (χ1n) is 48.2. The van der Waals surface area contributed by atoms with Crippen LogP contribution in [0.25, 0.3) is 0 Å². The van der Waals surface area contributed by atoms with Crippen molar-refractivity contribution in [2.75, 3.05) is 66.2 Å². The number of rotatable bonds is 61. The van der Waals surface area contributed by atoms with Crippen molar-refractivity contribution >= 4 is 90.4 Å². The van der Waals surface area contributed by atoms with Gasteiger partial charge in [0.2, 0.25) is 23.6 Å². The van der Waals surface area contributed by atoms with E-state index in [1.54, 1.807) is 88.4 Å². The number of ether oxygens (including phenoxy) is 1. The molecule has 2 aromatic heterocycles. The molecule has 6 aromatic carbocycles. The maximum absolute atomic E-state index is 14.7. The summed E-state index contributed by atoms with van der Waals surface area (Å²) >= 11 is 0. The van der Waals surface area contributed by atoms with Gasteiger partial charge in [-0.25, -0.2) is 9.36 Å². The molecule has 0 spiro atoms. The van der Waals surface area contributed by atoms with Crippen molar-refractivity contribution in [3.8, 4) is 0 Å². The van der Waals surface area contributed by atoms with Crippen LogP contribution in [-0.4, -0.2) is 239 Å². The maximum atomic E-state index is 14.7. The second-order valence-corrected chi connectivity index (χ2v) is 42.0. The average molecular weight is 1980 g/mol. The molecular weight excluding hydrogens is 1850 g/mol. The molecule has 1 aliphatic rings. The van der Waals surface area contributed by atoms with Crippen molar-refractivity contribution in [2.45, 2.75) is 231 Å². The number of ketones is 6. The van der Waals surface area contributed by atoms with Crippen molar-refractivity contribution < 1.29 is 97.7 Å². The Hall–Kier alpha value is -11.9. The number of hydrogen-bond donors (Lipinski definition) is 8. The number of hydrogen-bond acceptors (Lipinski definition) is 27. The van der Waals surface area contributed by atoms with Gasteiger partial charge in [-0.1, -0.05) is 194 Å². The van der Waals surface area contributed by atoms with E-state index in [-0.39, 0.29) is 143 Å². The van der Waals surface area contributed by atoms with Gasteiger partial charge in [-0.15, -0.1) is 10.2 Å². The minimum absolute atomic E-state index is 0.00665. The van der Waals surface area contributed by atoms with Gasteiger partial charge in [0.1, 0.15) is 54.0 Å². The second-order valence-electron chi connectivity index (χ2n) is 38.8. The molecule has 762 valence electrons. The number of carbonyl (C=O) groups excluding carboxylic acids is 12.